The summed E-state index contributed by atoms with van der Waals surface area (Å²) in [4.78, 5) is 25.7. The average Bonchev–Trinajstić information content (AvgIpc) is 2.81. The summed E-state index contributed by atoms with van der Waals surface area (Å²) < 4.78 is 14.7. The second kappa shape index (κ2) is 11.8. The van der Waals surface area contributed by atoms with Gasteiger partial charge in [0.1, 0.15) is 11.9 Å². The van der Waals surface area contributed by atoms with E-state index in [1.54, 1.807) is 78.8 Å². The van der Waals surface area contributed by atoms with Gasteiger partial charge in [-0.1, -0.05) is 54.1 Å². The normalized spacial score (nSPS) is 15.0. The molecule has 0 heterocycles. The minimum absolute atomic E-state index is 0.0242. The smallest absolute Gasteiger partial charge is 0.320 e. The predicted molar refractivity (Wildman–Crippen MR) is 133 cm³/mol. The number of nitrogens with zero attached hydrogens (tertiary/aromatic N) is 2. The Bertz CT molecular complexity index is 1130. The van der Waals surface area contributed by atoms with Crippen LogP contribution >= 0.6 is 11.6 Å². The highest BCUT2D eigenvalue weighted by Crippen LogP contribution is 2.20. The first-order chi connectivity index (χ1) is 16.4. The number of anilines is 1. The summed E-state index contributed by atoms with van der Waals surface area (Å²) in [5, 5.41) is 14.3. The van der Waals surface area contributed by atoms with E-state index in [2.05, 4.69) is 27.6 Å². The molecule has 0 spiro atoms. The number of likely N-dealkylation sites (N-methyl/N-ethyl adjacent to an activating group) is 1. The Kier molecular flexibility index (Phi) is 8.59. The number of rotatable bonds is 8. The van der Waals surface area contributed by atoms with Crippen molar-refractivity contribution in [3.63, 3.8) is 0 Å². The largest absolute Gasteiger partial charge is 0.322 e. The first kappa shape index (κ1) is 24.7. The Balaban J connectivity index is 1.72. The van der Waals surface area contributed by atoms with Crippen LogP contribution in [0.3, 0.4) is 0 Å². The molecule has 1 aliphatic carbocycles. The SMILES string of the molecule is C=CCN(C)N=C1C=C(F)C(NC(=O)C(NC(=O)Nc2ccc(Cl)cc2)c2ccccc2)=CC1. The molecule has 1 aliphatic rings. The van der Waals surface area contributed by atoms with Gasteiger partial charge in [0.05, 0.1) is 18.0 Å². The zero-order chi connectivity index (χ0) is 24.5. The van der Waals surface area contributed by atoms with Crippen LogP contribution in [0.15, 0.2) is 96.0 Å². The molecule has 0 radical (unpaired) electrons. The summed E-state index contributed by atoms with van der Waals surface area (Å²) in [6.45, 7) is 4.17. The Morgan fingerprint density at radius 3 is 2.53 bits per heavy atom. The molecule has 2 aromatic rings. The van der Waals surface area contributed by atoms with Gasteiger partial charge < -0.3 is 16.0 Å². The van der Waals surface area contributed by atoms with Gasteiger partial charge in [-0.3, -0.25) is 9.80 Å². The average molecular weight is 482 g/mol. The number of urea groups is 1. The highest BCUT2D eigenvalue weighted by Gasteiger charge is 2.25. The molecule has 0 aliphatic heterocycles. The highest BCUT2D eigenvalue weighted by molar-refractivity contribution is 6.30. The molecular formula is C25H25ClFN5O2. The van der Waals surface area contributed by atoms with Crippen molar-refractivity contribution in [3.8, 4) is 0 Å². The second-order valence-electron chi connectivity index (χ2n) is 7.47. The van der Waals surface area contributed by atoms with Crippen molar-refractivity contribution in [2.45, 2.75) is 12.5 Å². The van der Waals surface area contributed by atoms with Gasteiger partial charge in [-0.05, 0) is 35.9 Å². The van der Waals surface area contributed by atoms with Gasteiger partial charge in [-0.25, -0.2) is 9.18 Å². The lowest BCUT2D eigenvalue weighted by molar-refractivity contribution is -0.122. The monoisotopic (exact) mass is 481 g/mol. The lowest BCUT2D eigenvalue weighted by atomic mass is 10.0. The number of benzene rings is 2. The van der Waals surface area contributed by atoms with Gasteiger partial charge in [0, 0.05) is 24.2 Å². The molecule has 0 saturated heterocycles. The maximum atomic E-state index is 14.7. The Morgan fingerprint density at radius 2 is 1.88 bits per heavy atom. The van der Waals surface area contributed by atoms with E-state index in [4.69, 9.17) is 11.6 Å². The Hall–Kier alpha value is -3.91. The van der Waals surface area contributed by atoms with Crippen LogP contribution in [-0.2, 0) is 4.79 Å². The van der Waals surface area contributed by atoms with Crippen molar-refractivity contribution in [1.29, 1.82) is 0 Å². The zero-order valence-corrected chi connectivity index (χ0v) is 19.3. The van der Waals surface area contributed by atoms with Gasteiger partial charge >= 0.3 is 6.03 Å². The fourth-order valence-corrected chi connectivity index (χ4v) is 3.32. The topological polar surface area (TPSA) is 85.8 Å². The van der Waals surface area contributed by atoms with Crippen LogP contribution in [0.4, 0.5) is 14.9 Å². The standard InChI is InChI=1S/C25H25ClFN5O2/c1-3-15-32(2)31-20-13-14-22(21(27)16-20)29-24(33)23(17-7-5-4-6-8-17)30-25(34)28-19-11-9-18(26)10-12-19/h3-12,14,16,23H,1,13,15H2,2H3,(H,29,33)(H2,28,30,34). The molecular weight excluding hydrogens is 457 g/mol. The van der Waals surface area contributed by atoms with Crippen molar-refractivity contribution >= 4 is 34.9 Å². The molecule has 3 rings (SSSR count). The van der Waals surface area contributed by atoms with E-state index >= 15 is 0 Å². The number of halogens is 2. The molecule has 1 atom stereocenters. The van der Waals surface area contributed by atoms with Gasteiger partial charge in [-0.2, -0.15) is 5.10 Å². The molecule has 0 saturated carbocycles. The predicted octanol–water partition coefficient (Wildman–Crippen LogP) is 4.93. The summed E-state index contributed by atoms with van der Waals surface area (Å²) in [5.74, 6) is -1.21. The third-order valence-corrected chi connectivity index (χ3v) is 5.04. The lowest BCUT2D eigenvalue weighted by Crippen LogP contribution is -2.42. The van der Waals surface area contributed by atoms with Crippen molar-refractivity contribution in [2.24, 2.45) is 5.10 Å². The first-order valence-electron chi connectivity index (χ1n) is 10.5. The fraction of sp³-hybridized carbons (Fsp3) is 0.160. The maximum Gasteiger partial charge on any atom is 0.320 e. The molecule has 176 valence electrons. The van der Waals surface area contributed by atoms with Gasteiger partial charge in [0.25, 0.3) is 5.91 Å². The summed E-state index contributed by atoms with van der Waals surface area (Å²) in [6.07, 6.45) is 4.84. The highest BCUT2D eigenvalue weighted by atomic mass is 35.5. The summed E-state index contributed by atoms with van der Waals surface area (Å²) >= 11 is 5.87. The Morgan fingerprint density at radius 1 is 1.18 bits per heavy atom. The molecule has 7 nitrogen and oxygen atoms in total. The van der Waals surface area contributed by atoms with E-state index in [1.165, 1.54) is 6.08 Å². The van der Waals surface area contributed by atoms with Crippen LogP contribution in [-0.4, -0.2) is 36.3 Å². The van der Waals surface area contributed by atoms with E-state index in [1.807, 2.05) is 0 Å². The minimum Gasteiger partial charge on any atom is -0.322 e. The first-order valence-corrected chi connectivity index (χ1v) is 10.9. The van der Waals surface area contributed by atoms with Crippen LogP contribution in [0.25, 0.3) is 0 Å². The maximum absolute atomic E-state index is 14.7. The number of nitrogens with one attached hydrogen (secondary N) is 3. The van der Waals surface area contributed by atoms with Gasteiger partial charge in [0.2, 0.25) is 0 Å². The fourth-order valence-electron chi connectivity index (χ4n) is 3.20. The number of hydrazone groups is 1. The number of allylic oxidation sites excluding steroid dienone is 3. The summed E-state index contributed by atoms with van der Waals surface area (Å²) in [6, 6.07) is 13.6. The van der Waals surface area contributed by atoms with Crippen LogP contribution in [0.5, 0.6) is 0 Å². The molecule has 3 amide bonds. The van der Waals surface area contributed by atoms with Gasteiger partial charge in [-0.15, -0.1) is 6.58 Å². The zero-order valence-electron chi connectivity index (χ0n) is 18.6. The minimum atomic E-state index is -1.06. The van der Waals surface area contributed by atoms with Crippen molar-refractivity contribution in [2.75, 3.05) is 18.9 Å². The van der Waals surface area contributed by atoms with Gasteiger partial charge in [0.15, 0.2) is 0 Å². The van der Waals surface area contributed by atoms with E-state index < -0.39 is 23.8 Å². The molecule has 34 heavy (non-hydrogen) atoms. The third-order valence-electron chi connectivity index (χ3n) is 4.79. The van der Waals surface area contributed by atoms with E-state index in [0.29, 0.717) is 35.0 Å². The number of carbonyl (C=O) groups excluding carboxylic acids is 2. The summed E-state index contributed by atoms with van der Waals surface area (Å²) in [5.41, 5.74) is 1.59. The van der Waals surface area contributed by atoms with Crippen molar-refractivity contribution in [1.82, 2.24) is 15.6 Å². The van der Waals surface area contributed by atoms with Crippen LogP contribution < -0.4 is 16.0 Å². The molecule has 0 bridgehead atoms. The van der Waals surface area contributed by atoms with Crippen molar-refractivity contribution < 1.29 is 14.0 Å². The lowest BCUT2D eigenvalue weighted by Gasteiger charge is -2.21. The van der Waals surface area contributed by atoms with E-state index in [-0.39, 0.29) is 5.70 Å². The number of hydrogen-bond donors (Lipinski definition) is 3. The molecule has 3 N–H and O–H groups in total. The number of hydrogen-bond acceptors (Lipinski definition) is 4. The van der Waals surface area contributed by atoms with E-state index in [9.17, 15) is 14.0 Å². The Labute approximate surface area is 202 Å². The van der Waals surface area contributed by atoms with Crippen LogP contribution in [0, 0.1) is 0 Å². The molecule has 2 aromatic carbocycles. The molecule has 9 heteroatoms. The van der Waals surface area contributed by atoms with Crippen LogP contribution in [0.1, 0.15) is 18.0 Å². The quantitative estimate of drug-likeness (QED) is 0.369. The van der Waals surface area contributed by atoms with E-state index in [0.717, 1.165) is 0 Å². The van der Waals surface area contributed by atoms with Crippen molar-refractivity contribution in [3.05, 3.63) is 102 Å². The van der Waals surface area contributed by atoms with Crippen LogP contribution in [0.2, 0.25) is 5.02 Å². The number of amides is 3. The molecule has 0 aromatic heterocycles. The third kappa shape index (κ3) is 7.05. The number of carbonyl (C=O) groups is 2. The second-order valence-corrected chi connectivity index (χ2v) is 7.91. The summed E-state index contributed by atoms with van der Waals surface area (Å²) in [7, 11) is 1.76. The molecule has 0 fully saturated rings. The molecule has 1 unspecified atom stereocenters.